The number of phenols is 1. The first kappa shape index (κ1) is 20.1. The van der Waals surface area contributed by atoms with E-state index < -0.39 is 0 Å². The maximum atomic E-state index is 13.1. The van der Waals surface area contributed by atoms with Gasteiger partial charge in [-0.05, 0) is 24.3 Å². The monoisotopic (exact) mass is 383 g/mol. The number of carbonyl (C=O) groups is 1. The van der Waals surface area contributed by atoms with Gasteiger partial charge in [-0.2, -0.15) is 0 Å². The molecule has 5 nitrogen and oxygen atoms in total. The third-order valence-electron chi connectivity index (χ3n) is 5.49. The summed E-state index contributed by atoms with van der Waals surface area (Å²) in [5.41, 5.74) is 1.59. The lowest BCUT2D eigenvalue weighted by atomic mass is 9.86. The second-order valence-corrected chi connectivity index (χ2v) is 7.52. The van der Waals surface area contributed by atoms with Crippen LogP contribution in [0.25, 0.3) is 0 Å². The van der Waals surface area contributed by atoms with Gasteiger partial charge in [-0.1, -0.05) is 37.3 Å². The Kier molecular flexibility index (Phi) is 6.45. The highest BCUT2D eigenvalue weighted by Crippen LogP contribution is 2.43. The van der Waals surface area contributed by atoms with Crippen LogP contribution in [0.5, 0.6) is 17.2 Å². The van der Waals surface area contributed by atoms with Crippen LogP contribution in [0.2, 0.25) is 0 Å². The Labute approximate surface area is 166 Å². The highest BCUT2D eigenvalue weighted by atomic mass is 16.5. The molecule has 28 heavy (non-hydrogen) atoms. The smallest absolute Gasteiger partial charge is 0.223 e. The minimum Gasteiger partial charge on any atom is -0.507 e. The lowest BCUT2D eigenvalue weighted by molar-refractivity contribution is -0.133. The molecular weight excluding hydrogens is 354 g/mol. The van der Waals surface area contributed by atoms with Crippen molar-refractivity contribution < 1.29 is 19.4 Å². The van der Waals surface area contributed by atoms with E-state index in [2.05, 4.69) is 6.92 Å². The molecule has 2 aromatic carbocycles. The zero-order valence-electron chi connectivity index (χ0n) is 16.9. The van der Waals surface area contributed by atoms with Crippen molar-refractivity contribution in [3.05, 3.63) is 53.6 Å². The zero-order chi connectivity index (χ0) is 20.1. The largest absolute Gasteiger partial charge is 0.507 e. The van der Waals surface area contributed by atoms with Crippen molar-refractivity contribution >= 4 is 5.91 Å². The molecule has 0 bridgehead atoms. The van der Waals surface area contributed by atoms with E-state index >= 15 is 0 Å². The highest BCUT2D eigenvalue weighted by Gasteiger charge is 2.29. The predicted octanol–water partition coefficient (Wildman–Crippen LogP) is 4.19. The fourth-order valence-corrected chi connectivity index (χ4v) is 4.02. The van der Waals surface area contributed by atoms with Gasteiger partial charge in [0, 0.05) is 43.1 Å². The van der Waals surface area contributed by atoms with Crippen molar-refractivity contribution in [2.45, 2.75) is 32.1 Å². The number of aromatic hydroxyl groups is 1. The summed E-state index contributed by atoms with van der Waals surface area (Å²) in [5.74, 6) is 1.44. The lowest BCUT2D eigenvalue weighted by Gasteiger charge is -2.32. The molecule has 5 heteroatoms. The summed E-state index contributed by atoms with van der Waals surface area (Å²) in [6, 6.07) is 13.1. The van der Waals surface area contributed by atoms with Crippen LogP contribution < -0.4 is 9.47 Å². The van der Waals surface area contributed by atoms with Crippen LogP contribution in [0.4, 0.5) is 0 Å². The van der Waals surface area contributed by atoms with Crippen molar-refractivity contribution in [1.29, 1.82) is 0 Å². The van der Waals surface area contributed by atoms with E-state index in [0.717, 1.165) is 25.1 Å². The second-order valence-electron chi connectivity index (χ2n) is 7.52. The molecule has 1 amide bonds. The summed E-state index contributed by atoms with van der Waals surface area (Å²) in [6.07, 6.45) is 2.49. The predicted molar refractivity (Wildman–Crippen MR) is 109 cm³/mol. The van der Waals surface area contributed by atoms with Crippen molar-refractivity contribution in [2.75, 3.05) is 27.3 Å². The molecule has 1 aliphatic rings. The fourth-order valence-electron chi connectivity index (χ4n) is 4.02. The molecule has 0 spiro atoms. The number of hydrogen-bond acceptors (Lipinski definition) is 4. The van der Waals surface area contributed by atoms with E-state index in [1.165, 1.54) is 6.42 Å². The summed E-state index contributed by atoms with van der Waals surface area (Å²) in [5, 5.41) is 10.7. The SMILES string of the molecule is COc1cc(O)c(C(CC(=O)N2CCCC(C)C2)c2ccccc2)c(OC)c1. The first-order valence-corrected chi connectivity index (χ1v) is 9.81. The van der Waals surface area contributed by atoms with Gasteiger partial charge in [0.15, 0.2) is 0 Å². The normalized spacial score (nSPS) is 17.8. The molecular formula is C23H29NO4. The van der Waals surface area contributed by atoms with Crippen LogP contribution in [0.1, 0.15) is 43.2 Å². The van der Waals surface area contributed by atoms with Crippen LogP contribution in [-0.4, -0.2) is 43.2 Å². The van der Waals surface area contributed by atoms with Crippen LogP contribution in [0.15, 0.2) is 42.5 Å². The van der Waals surface area contributed by atoms with E-state index in [4.69, 9.17) is 9.47 Å². The number of hydrogen-bond donors (Lipinski definition) is 1. The van der Waals surface area contributed by atoms with Gasteiger partial charge in [0.25, 0.3) is 0 Å². The molecule has 0 aliphatic carbocycles. The van der Waals surface area contributed by atoms with E-state index in [9.17, 15) is 9.90 Å². The molecule has 1 N–H and O–H groups in total. The van der Waals surface area contributed by atoms with Crippen molar-refractivity contribution in [3.8, 4) is 17.2 Å². The maximum absolute atomic E-state index is 13.1. The van der Waals surface area contributed by atoms with Gasteiger partial charge in [-0.25, -0.2) is 0 Å². The molecule has 2 aromatic rings. The second kappa shape index (κ2) is 9.00. The van der Waals surface area contributed by atoms with Crippen molar-refractivity contribution in [3.63, 3.8) is 0 Å². The summed E-state index contributed by atoms with van der Waals surface area (Å²) in [6.45, 7) is 3.79. The van der Waals surface area contributed by atoms with Gasteiger partial charge in [-0.15, -0.1) is 0 Å². The Bertz CT molecular complexity index is 806. The number of amides is 1. The van der Waals surface area contributed by atoms with Crippen molar-refractivity contribution in [1.82, 2.24) is 4.90 Å². The fraction of sp³-hybridized carbons (Fsp3) is 0.435. The molecule has 150 valence electrons. The average Bonchev–Trinajstić information content (AvgIpc) is 2.72. The molecule has 1 aliphatic heterocycles. The highest BCUT2D eigenvalue weighted by molar-refractivity contribution is 5.78. The Morgan fingerprint density at radius 2 is 1.96 bits per heavy atom. The van der Waals surface area contributed by atoms with Crippen LogP contribution in [0.3, 0.4) is 0 Å². The number of methoxy groups -OCH3 is 2. The van der Waals surface area contributed by atoms with E-state index in [1.54, 1.807) is 26.4 Å². The quantitative estimate of drug-likeness (QED) is 0.813. The molecule has 1 saturated heterocycles. The molecule has 1 heterocycles. The molecule has 0 saturated carbocycles. The third-order valence-corrected chi connectivity index (χ3v) is 5.49. The Hall–Kier alpha value is -2.69. The summed E-state index contributed by atoms with van der Waals surface area (Å²) < 4.78 is 10.8. The first-order chi connectivity index (χ1) is 13.5. The van der Waals surface area contributed by atoms with Gasteiger partial charge < -0.3 is 19.5 Å². The molecule has 2 atom stereocenters. The maximum Gasteiger partial charge on any atom is 0.223 e. The average molecular weight is 383 g/mol. The zero-order valence-corrected chi connectivity index (χ0v) is 16.9. The Morgan fingerprint density at radius 3 is 2.61 bits per heavy atom. The van der Waals surface area contributed by atoms with Crippen LogP contribution in [0, 0.1) is 5.92 Å². The summed E-state index contributed by atoms with van der Waals surface area (Å²) in [7, 11) is 3.11. The Morgan fingerprint density at radius 1 is 1.21 bits per heavy atom. The molecule has 0 aromatic heterocycles. The number of ether oxygens (including phenoxy) is 2. The number of piperidine rings is 1. The van der Waals surface area contributed by atoms with Crippen LogP contribution >= 0.6 is 0 Å². The van der Waals surface area contributed by atoms with Crippen LogP contribution in [-0.2, 0) is 4.79 Å². The summed E-state index contributed by atoms with van der Waals surface area (Å²) in [4.78, 5) is 15.1. The molecule has 1 fully saturated rings. The van der Waals surface area contributed by atoms with E-state index in [1.807, 2.05) is 35.2 Å². The van der Waals surface area contributed by atoms with Gasteiger partial charge in [0.1, 0.15) is 17.2 Å². The number of carbonyl (C=O) groups excluding carboxylic acids is 1. The molecule has 3 rings (SSSR count). The molecule has 2 unspecified atom stereocenters. The standard InChI is InChI=1S/C23H29NO4/c1-16-8-7-11-24(15-16)22(26)14-19(17-9-5-4-6-10-17)23-20(25)12-18(27-2)13-21(23)28-3/h4-6,9-10,12-13,16,19,25H,7-8,11,14-15H2,1-3H3. The summed E-state index contributed by atoms with van der Waals surface area (Å²) >= 11 is 0. The van der Waals surface area contributed by atoms with Gasteiger partial charge >= 0.3 is 0 Å². The minimum absolute atomic E-state index is 0.0739. The Balaban J connectivity index is 1.98. The van der Waals surface area contributed by atoms with Gasteiger partial charge in [0.2, 0.25) is 5.91 Å². The third kappa shape index (κ3) is 4.41. The van der Waals surface area contributed by atoms with Gasteiger partial charge in [0.05, 0.1) is 14.2 Å². The van der Waals surface area contributed by atoms with Crippen molar-refractivity contribution in [2.24, 2.45) is 5.92 Å². The molecule has 0 radical (unpaired) electrons. The first-order valence-electron chi connectivity index (χ1n) is 9.81. The number of benzene rings is 2. The van der Waals surface area contributed by atoms with E-state index in [-0.39, 0.29) is 24.0 Å². The number of likely N-dealkylation sites (tertiary alicyclic amines) is 1. The number of rotatable bonds is 6. The number of phenolic OH excluding ortho intramolecular Hbond substituents is 1. The van der Waals surface area contributed by atoms with Gasteiger partial charge in [-0.3, -0.25) is 4.79 Å². The topological polar surface area (TPSA) is 59.0 Å². The lowest BCUT2D eigenvalue weighted by Crippen LogP contribution is -2.39. The van der Waals surface area contributed by atoms with E-state index in [0.29, 0.717) is 23.0 Å². The minimum atomic E-state index is -0.299. The number of nitrogens with zero attached hydrogens (tertiary/aromatic N) is 1.